The van der Waals surface area contributed by atoms with Crippen LogP contribution in [0.5, 0.6) is 11.5 Å². The summed E-state index contributed by atoms with van der Waals surface area (Å²) in [5.41, 5.74) is 1.74. The van der Waals surface area contributed by atoms with E-state index >= 15 is 0 Å². The highest BCUT2D eigenvalue weighted by Gasteiger charge is 2.14. The van der Waals surface area contributed by atoms with Crippen LogP contribution in [-0.2, 0) is 4.79 Å². The fourth-order valence-corrected chi connectivity index (χ4v) is 2.06. The number of carbonyl (C=O) groups is 1. The van der Waals surface area contributed by atoms with E-state index in [-0.39, 0.29) is 25.1 Å². The Kier molecular flexibility index (Phi) is 3.82. The summed E-state index contributed by atoms with van der Waals surface area (Å²) in [6.45, 7) is 1.91. The summed E-state index contributed by atoms with van der Waals surface area (Å²) in [7, 11) is 0. The summed E-state index contributed by atoms with van der Waals surface area (Å²) in [6.07, 6.45) is 0. The molecule has 0 radical (unpaired) electrons. The SMILES string of the molecule is Cc1ccc(NCC(=O)Nc2ccc3c(c2)OCO3)cc1F. The molecule has 0 aromatic heterocycles. The fourth-order valence-electron chi connectivity index (χ4n) is 2.06. The average Bonchev–Trinajstić information content (AvgIpc) is 2.96. The number of ether oxygens (including phenoxy) is 2. The predicted molar refractivity (Wildman–Crippen MR) is 80.8 cm³/mol. The second-order valence-corrected chi connectivity index (χ2v) is 4.93. The van der Waals surface area contributed by atoms with Crippen LogP contribution in [0.3, 0.4) is 0 Å². The smallest absolute Gasteiger partial charge is 0.243 e. The summed E-state index contributed by atoms with van der Waals surface area (Å²) in [6, 6.07) is 9.92. The Morgan fingerprint density at radius 2 is 1.91 bits per heavy atom. The van der Waals surface area contributed by atoms with E-state index in [1.807, 2.05) is 0 Å². The molecule has 6 heteroatoms. The minimum Gasteiger partial charge on any atom is -0.454 e. The Bertz CT molecular complexity index is 719. The molecule has 0 aliphatic carbocycles. The third kappa shape index (κ3) is 3.11. The Morgan fingerprint density at radius 3 is 2.73 bits per heavy atom. The summed E-state index contributed by atoms with van der Waals surface area (Å²) in [5, 5.41) is 5.61. The van der Waals surface area contributed by atoms with Crippen LogP contribution in [0.15, 0.2) is 36.4 Å². The van der Waals surface area contributed by atoms with E-state index in [0.717, 1.165) is 0 Å². The van der Waals surface area contributed by atoms with Crippen molar-refractivity contribution in [3.05, 3.63) is 47.8 Å². The number of hydrogen-bond donors (Lipinski definition) is 2. The summed E-state index contributed by atoms with van der Waals surface area (Å²) >= 11 is 0. The van der Waals surface area contributed by atoms with Crippen LogP contribution in [0, 0.1) is 12.7 Å². The summed E-state index contributed by atoms with van der Waals surface area (Å²) in [4.78, 5) is 11.9. The van der Waals surface area contributed by atoms with Gasteiger partial charge in [0.15, 0.2) is 11.5 Å². The van der Waals surface area contributed by atoms with Gasteiger partial charge in [0.05, 0.1) is 6.54 Å². The Balaban J connectivity index is 1.57. The van der Waals surface area contributed by atoms with E-state index in [2.05, 4.69) is 10.6 Å². The van der Waals surface area contributed by atoms with E-state index in [0.29, 0.717) is 28.4 Å². The number of amides is 1. The summed E-state index contributed by atoms with van der Waals surface area (Å²) < 4.78 is 23.9. The molecule has 0 saturated heterocycles. The Labute approximate surface area is 127 Å². The van der Waals surface area contributed by atoms with Gasteiger partial charge < -0.3 is 20.1 Å². The lowest BCUT2D eigenvalue weighted by Crippen LogP contribution is -2.21. The van der Waals surface area contributed by atoms with Crippen molar-refractivity contribution in [2.45, 2.75) is 6.92 Å². The number of hydrogen-bond acceptors (Lipinski definition) is 4. The van der Waals surface area contributed by atoms with Crippen molar-refractivity contribution in [3.63, 3.8) is 0 Å². The average molecular weight is 302 g/mol. The van der Waals surface area contributed by atoms with Crippen LogP contribution in [0.4, 0.5) is 15.8 Å². The van der Waals surface area contributed by atoms with E-state index < -0.39 is 0 Å². The zero-order valence-electron chi connectivity index (χ0n) is 12.0. The zero-order chi connectivity index (χ0) is 15.5. The molecule has 0 unspecified atom stereocenters. The van der Waals surface area contributed by atoms with E-state index in [4.69, 9.17) is 9.47 Å². The van der Waals surface area contributed by atoms with Gasteiger partial charge in [0.1, 0.15) is 5.82 Å². The minimum absolute atomic E-state index is 0.0386. The number of rotatable bonds is 4. The highest BCUT2D eigenvalue weighted by molar-refractivity contribution is 5.94. The third-order valence-corrected chi connectivity index (χ3v) is 3.28. The van der Waals surface area contributed by atoms with Crippen molar-refractivity contribution in [2.75, 3.05) is 24.0 Å². The number of anilines is 2. The number of fused-ring (bicyclic) bond motifs is 1. The van der Waals surface area contributed by atoms with Crippen molar-refractivity contribution in [3.8, 4) is 11.5 Å². The number of halogens is 1. The van der Waals surface area contributed by atoms with Crippen LogP contribution in [-0.4, -0.2) is 19.2 Å². The molecule has 0 bridgehead atoms. The molecule has 0 atom stereocenters. The van der Waals surface area contributed by atoms with E-state index in [1.165, 1.54) is 6.07 Å². The molecule has 1 amide bonds. The van der Waals surface area contributed by atoms with Gasteiger partial charge in [-0.2, -0.15) is 0 Å². The molecule has 1 aliphatic heterocycles. The first kappa shape index (κ1) is 14.2. The molecular formula is C16H15FN2O3. The Morgan fingerprint density at radius 1 is 1.14 bits per heavy atom. The first-order valence-corrected chi connectivity index (χ1v) is 6.81. The van der Waals surface area contributed by atoms with Crippen molar-refractivity contribution < 1.29 is 18.7 Å². The van der Waals surface area contributed by atoms with Crippen molar-refractivity contribution >= 4 is 17.3 Å². The number of nitrogens with one attached hydrogen (secondary N) is 2. The number of carbonyl (C=O) groups excluding carboxylic acids is 1. The molecule has 22 heavy (non-hydrogen) atoms. The highest BCUT2D eigenvalue weighted by Crippen LogP contribution is 2.34. The molecule has 1 heterocycles. The highest BCUT2D eigenvalue weighted by atomic mass is 19.1. The molecule has 0 saturated carbocycles. The molecular weight excluding hydrogens is 287 g/mol. The van der Waals surface area contributed by atoms with Crippen LogP contribution in [0.25, 0.3) is 0 Å². The van der Waals surface area contributed by atoms with Crippen molar-refractivity contribution in [2.24, 2.45) is 0 Å². The third-order valence-electron chi connectivity index (χ3n) is 3.28. The monoisotopic (exact) mass is 302 g/mol. The molecule has 0 spiro atoms. The molecule has 2 aromatic carbocycles. The number of aryl methyl sites for hydroxylation is 1. The second-order valence-electron chi connectivity index (χ2n) is 4.93. The maximum absolute atomic E-state index is 13.4. The lowest BCUT2D eigenvalue weighted by molar-refractivity contribution is -0.114. The quantitative estimate of drug-likeness (QED) is 0.911. The lowest BCUT2D eigenvalue weighted by atomic mass is 10.2. The van der Waals surface area contributed by atoms with Crippen LogP contribution in [0.2, 0.25) is 0 Å². The van der Waals surface area contributed by atoms with Crippen LogP contribution < -0.4 is 20.1 Å². The van der Waals surface area contributed by atoms with Gasteiger partial charge in [-0.15, -0.1) is 0 Å². The molecule has 0 fully saturated rings. The minimum atomic E-state index is -0.304. The Hall–Kier alpha value is -2.76. The van der Waals surface area contributed by atoms with Gasteiger partial charge in [-0.25, -0.2) is 4.39 Å². The number of benzene rings is 2. The van der Waals surface area contributed by atoms with Crippen LogP contribution in [0.1, 0.15) is 5.56 Å². The first-order valence-electron chi connectivity index (χ1n) is 6.81. The lowest BCUT2D eigenvalue weighted by Gasteiger charge is -2.09. The van der Waals surface area contributed by atoms with Gasteiger partial charge in [-0.1, -0.05) is 6.07 Å². The second kappa shape index (κ2) is 5.93. The van der Waals surface area contributed by atoms with Gasteiger partial charge in [-0.05, 0) is 36.8 Å². The standard InChI is InChI=1S/C16H15FN2O3/c1-10-2-3-11(6-13(10)17)18-8-16(20)19-12-4-5-14-15(7-12)22-9-21-14/h2-7,18H,8-9H2,1H3,(H,19,20). The summed E-state index contributed by atoms with van der Waals surface area (Å²) in [5.74, 6) is 0.721. The maximum atomic E-state index is 13.4. The normalized spacial score (nSPS) is 12.1. The molecule has 1 aliphatic rings. The van der Waals surface area contributed by atoms with Crippen molar-refractivity contribution in [1.82, 2.24) is 0 Å². The topological polar surface area (TPSA) is 59.6 Å². The van der Waals surface area contributed by atoms with E-state index in [9.17, 15) is 9.18 Å². The molecule has 2 aromatic rings. The van der Waals surface area contributed by atoms with Crippen molar-refractivity contribution in [1.29, 1.82) is 0 Å². The molecule has 2 N–H and O–H groups in total. The zero-order valence-corrected chi connectivity index (χ0v) is 12.0. The van der Waals surface area contributed by atoms with Gasteiger partial charge >= 0.3 is 0 Å². The fraction of sp³-hybridized carbons (Fsp3) is 0.188. The first-order chi connectivity index (χ1) is 10.6. The van der Waals surface area contributed by atoms with Gasteiger partial charge in [0.25, 0.3) is 0 Å². The molecule has 5 nitrogen and oxygen atoms in total. The predicted octanol–water partition coefficient (Wildman–Crippen LogP) is 2.91. The largest absolute Gasteiger partial charge is 0.454 e. The van der Waals surface area contributed by atoms with Gasteiger partial charge in [-0.3, -0.25) is 4.79 Å². The van der Waals surface area contributed by atoms with Gasteiger partial charge in [0, 0.05) is 17.4 Å². The maximum Gasteiger partial charge on any atom is 0.243 e. The van der Waals surface area contributed by atoms with E-state index in [1.54, 1.807) is 37.3 Å². The molecule has 114 valence electrons. The molecule has 3 rings (SSSR count). The van der Waals surface area contributed by atoms with Crippen LogP contribution >= 0.6 is 0 Å². The van der Waals surface area contributed by atoms with Gasteiger partial charge in [0.2, 0.25) is 12.7 Å².